The Hall–Kier alpha value is -1.05. The van der Waals surface area contributed by atoms with Gasteiger partial charge >= 0.3 is 0 Å². The van der Waals surface area contributed by atoms with Gasteiger partial charge in [-0.3, -0.25) is 0 Å². The van der Waals surface area contributed by atoms with Gasteiger partial charge in [-0.25, -0.2) is 17.2 Å². The van der Waals surface area contributed by atoms with E-state index in [0.29, 0.717) is 19.1 Å². The highest BCUT2D eigenvalue weighted by molar-refractivity contribution is 7.92. The van der Waals surface area contributed by atoms with Crippen molar-refractivity contribution < 1.29 is 21.9 Å². The first-order valence-corrected chi connectivity index (χ1v) is 7.00. The molecular formula is C11H13F2NO3S. The van der Waals surface area contributed by atoms with Gasteiger partial charge in [0.25, 0.3) is 0 Å². The summed E-state index contributed by atoms with van der Waals surface area (Å²) in [5.74, 6) is -1.93. The highest BCUT2D eigenvalue weighted by Gasteiger charge is 2.36. The Morgan fingerprint density at radius 2 is 2.06 bits per heavy atom. The van der Waals surface area contributed by atoms with Crippen molar-refractivity contribution in [1.82, 2.24) is 0 Å². The molecule has 1 aromatic carbocycles. The predicted molar refractivity (Wildman–Crippen MR) is 60.7 cm³/mol. The smallest absolute Gasteiger partial charge is 0.187 e. The van der Waals surface area contributed by atoms with E-state index in [1.165, 1.54) is 0 Å². The number of sulfone groups is 1. The molecule has 18 heavy (non-hydrogen) atoms. The topological polar surface area (TPSA) is 69.4 Å². The molecule has 1 aromatic rings. The van der Waals surface area contributed by atoms with Gasteiger partial charge in [0.2, 0.25) is 0 Å². The fourth-order valence-corrected chi connectivity index (χ4v) is 3.70. The maximum Gasteiger partial charge on any atom is 0.187 e. The molecule has 0 spiro atoms. The minimum absolute atomic E-state index is 0.0691. The second-order valence-corrected chi connectivity index (χ2v) is 6.32. The fourth-order valence-electron chi connectivity index (χ4n) is 1.92. The average molecular weight is 277 g/mol. The number of nitrogens with two attached hydrogens (primary N) is 1. The first kappa shape index (κ1) is 13.4. The zero-order valence-electron chi connectivity index (χ0n) is 9.47. The molecule has 0 aromatic heterocycles. The lowest BCUT2D eigenvalue weighted by Gasteiger charge is -2.28. The molecule has 2 atom stereocenters. The van der Waals surface area contributed by atoms with Crippen LogP contribution in [0.3, 0.4) is 0 Å². The third-order valence-corrected chi connectivity index (χ3v) is 5.18. The molecule has 0 amide bonds. The summed E-state index contributed by atoms with van der Waals surface area (Å²) in [5, 5.41) is -0.994. The molecule has 2 N–H and O–H groups in total. The van der Waals surface area contributed by atoms with E-state index in [-0.39, 0.29) is 6.61 Å². The summed E-state index contributed by atoms with van der Waals surface area (Å²) < 4.78 is 55.8. The van der Waals surface area contributed by atoms with Crippen LogP contribution in [0.15, 0.2) is 23.1 Å². The van der Waals surface area contributed by atoms with Crippen LogP contribution < -0.4 is 5.73 Å². The van der Waals surface area contributed by atoms with Crippen molar-refractivity contribution in [3.8, 4) is 0 Å². The number of rotatable bonds is 2. The van der Waals surface area contributed by atoms with Crippen molar-refractivity contribution in [3.05, 3.63) is 29.8 Å². The molecular weight excluding hydrogens is 264 g/mol. The molecule has 0 radical (unpaired) electrons. The Bertz CT molecular complexity index is 547. The van der Waals surface area contributed by atoms with E-state index in [9.17, 15) is 17.2 Å². The Kier molecular flexibility index (Phi) is 3.65. The van der Waals surface area contributed by atoms with Gasteiger partial charge in [-0.05, 0) is 18.6 Å². The zero-order valence-corrected chi connectivity index (χ0v) is 10.3. The molecule has 1 aliphatic heterocycles. The summed E-state index contributed by atoms with van der Waals surface area (Å²) in [7, 11) is -3.95. The molecule has 1 saturated heterocycles. The van der Waals surface area contributed by atoms with Crippen molar-refractivity contribution in [3.63, 3.8) is 0 Å². The molecule has 0 saturated carbocycles. The Morgan fingerprint density at radius 1 is 1.33 bits per heavy atom. The molecule has 100 valence electrons. The van der Waals surface area contributed by atoms with Gasteiger partial charge in [-0.2, -0.15) is 0 Å². The molecule has 7 heteroatoms. The third kappa shape index (κ3) is 2.38. The highest BCUT2D eigenvalue weighted by atomic mass is 32.2. The van der Waals surface area contributed by atoms with Crippen molar-refractivity contribution in [2.24, 2.45) is 5.73 Å². The van der Waals surface area contributed by atoms with E-state index < -0.39 is 37.7 Å². The Labute approximate surface area is 104 Å². The Balaban J connectivity index is 2.41. The van der Waals surface area contributed by atoms with Crippen molar-refractivity contribution in [1.29, 1.82) is 0 Å². The average Bonchev–Trinajstić information content (AvgIpc) is 2.28. The Morgan fingerprint density at radius 3 is 2.67 bits per heavy atom. The maximum atomic E-state index is 13.5. The quantitative estimate of drug-likeness (QED) is 0.814. The van der Waals surface area contributed by atoms with E-state index in [2.05, 4.69) is 0 Å². The van der Waals surface area contributed by atoms with Crippen LogP contribution in [0.4, 0.5) is 8.78 Å². The van der Waals surface area contributed by atoms with Gasteiger partial charge < -0.3 is 10.5 Å². The number of benzene rings is 1. The van der Waals surface area contributed by atoms with Crippen molar-refractivity contribution in [2.45, 2.75) is 22.6 Å². The van der Waals surface area contributed by atoms with Gasteiger partial charge in [0.15, 0.2) is 9.84 Å². The molecule has 0 bridgehead atoms. The minimum Gasteiger partial charge on any atom is -0.380 e. The second kappa shape index (κ2) is 4.91. The number of halogens is 2. The lowest BCUT2D eigenvalue weighted by Crippen LogP contribution is -2.47. The predicted octanol–water partition coefficient (Wildman–Crippen LogP) is 0.855. The molecule has 2 rings (SSSR count). The molecule has 2 unspecified atom stereocenters. The molecule has 1 heterocycles. The van der Waals surface area contributed by atoms with Crippen LogP contribution in [0.5, 0.6) is 0 Å². The van der Waals surface area contributed by atoms with E-state index >= 15 is 0 Å². The fraction of sp³-hybridized carbons (Fsp3) is 0.455. The van der Waals surface area contributed by atoms with E-state index in [0.717, 1.165) is 12.1 Å². The number of hydrogen-bond donors (Lipinski definition) is 1. The van der Waals surface area contributed by atoms with Gasteiger partial charge in [0.1, 0.15) is 21.8 Å². The lowest BCUT2D eigenvalue weighted by atomic mass is 10.1. The number of hydrogen-bond acceptors (Lipinski definition) is 4. The lowest BCUT2D eigenvalue weighted by molar-refractivity contribution is 0.0891. The summed E-state index contributed by atoms with van der Waals surface area (Å²) in [4.78, 5) is -0.533. The normalized spacial score (nSPS) is 25.1. The van der Waals surface area contributed by atoms with E-state index in [4.69, 9.17) is 10.5 Å². The standard InChI is InChI=1S/C11H13F2NO3S/c12-7-1-2-10(8(13)5-7)18(15,16)11-6-17-4-3-9(11)14/h1-2,5,9,11H,3-4,6,14H2. The van der Waals surface area contributed by atoms with Crippen molar-refractivity contribution in [2.75, 3.05) is 13.2 Å². The third-order valence-electron chi connectivity index (χ3n) is 2.95. The molecule has 0 aliphatic carbocycles. The molecule has 1 aliphatic rings. The van der Waals surface area contributed by atoms with Crippen LogP contribution in [0.2, 0.25) is 0 Å². The molecule has 1 fully saturated rings. The summed E-state index contributed by atoms with van der Waals surface area (Å²) >= 11 is 0. The first-order chi connectivity index (χ1) is 8.43. The van der Waals surface area contributed by atoms with Crippen LogP contribution in [0.25, 0.3) is 0 Å². The second-order valence-electron chi connectivity index (χ2n) is 4.19. The zero-order chi connectivity index (χ0) is 13.3. The minimum atomic E-state index is -3.95. The van der Waals surface area contributed by atoms with Gasteiger partial charge in [-0.1, -0.05) is 0 Å². The van der Waals surface area contributed by atoms with Crippen molar-refractivity contribution >= 4 is 9.84 Å². The highest BCUT2D eigenvalue weighted by Crippen LogP contribution is 2.24. The van der Waals surface area contributed by atoms with Gasteiger partial charge in [0.05, 0.1) is 6.61 Å². The van der Waals surface area contributed by atoms with Crippen LogP contribution >= 0.6 is 0 Å². The summed E-state index contributed by atoms with van der Waals surface area (Å²) in [6.45, 7) is 0.319. The van der Waals surface area contributed by atoms with E-state index in [1.807, 2.05) is 0 Å². The summed E-state index contributed by atoms with van der Waals surface area (Å²) in [5.41, 5.74) is 5.73. The van der Waals surface area contributed by atoms with Crippen LogP contribution in [-0.2, 0) is 14.6 Å². The summed E-state index contributed by atoms with van der Waals surface area (Å²) in [6, 6.07) is 1.77. The van der Waals surface area contributed by atoms with Crippen LogP contribution in [0, 0.1) is 11.6 Å². The number of ether oxygens (including phenoxy) is 1. The SMILES string of the molecule is NC1CCOCC1S(=O)(=O)c1ccc(F)cc1F. The van der Waals surface area contributed by atoms with Crippen LogP contribution in [-0.4, -0.2) is 32.9 Å². The van der Waals surface area contributed by atoms with Gasteiger partial charge in [-0.15, -0.1) is 0 Å². The first-order valence-electron chi connectivity index (χ1n) is 5.45. The molecule has 4 nitrogen and oxygen atoms in total. The van der Waals surface area contributed by atoms with Crippen LogP contribution in [0.1, 0.15) is 6.42 Å². The maximum absolute atomic E-state index is 13.5. The largest absolute Gasteiger partial charge is 0.380 e. The summed E-state index contributed by atoms with van der Waals surface area (Å²) in [6.07, 6.45) is 0.396. The monoisotopic (exact) mass is 277 g/mol. The van der Waals surface area contributed by atoms with E-state index in [1.54, 1.807) is 0 Å². The van der Waals surface area contributed by atoms with Gasteiger partial charge in [0, 0.05) is 18.7 Å².